The molecule has 1 aliphatic heterocycles. The summed E-state index contributed by atoms with van der Waals surface area (Å²) in [5.74, 6) is 0.302. The molecule has 0 amide bonds. The summed E-state index contributed by atoms with van der Waals surface area (Å²) in [6, 6.07) is 7.47. The molecule has 4 rings (SSSR count). The predicted octanol–water partition coefficient (Wildman–Crippen LogP) is 2.83. The van der Waals surface area contributed by atoms with Gasteiger partial charge in [-0.3, -0.25) is 0 Å². The molecule has 152 valence electrons. The van der Waals surface area contributed by atoms with Crippen LogP contribution in [-0.4, -0.2) is 50.4 Å². The number of hydrogen-bond donors (Lipinski definition) is 1. The van der Waals surface area contributed by atoms with Crippen LogP contribution in [0.2, 0.25) is 0 Å². The van der Waals surface area contributed by atoms with Crippen molar-refractivity contribution >= 4 is 28.4 Å². The Hall–Kier alpha value is -3.36. The molecule has 0 aliphatic carbocycles. The smallest absolute Gasteiger partial charge is 0.228 e. The Labute approximate surface area is 166 Å². The van der Waals surface area contributed by atoms with Gasteiger partial charge in [-0.1, -0.05) is 0 Å². The number of piperazine rings is 1. The van der Waals surface area contributed by atoms with E-state index in [2.05, 4.69) is 9.97 Å². The lowest BCUT2D eigenvalue weighted by Crippen LogP contribution is -2.47. The van der Waals surface area contributed by atoms with Crippen LogP contribution in [-0.2, 0) is 0 Å². The van der Waals surface area contributed by atoms with Crippen molar-refractivity contribution in [2.24, 2.45) is 0 Å². The van der Waals surface area contributed by atoms with E-state index in [1.165, 1.54) is 6.07 Å². The van der Waals surface area contributed by atoms with Crippen LogP contribution in [0.15, 0.2) is 30.3 Å². The Balaban J connectivity index is 1.57. The highest BCUT2D eigenvalue weighted by Gasteiger charge is 2.21. The average Bonchev–Trinajstić information content (AvgIpc) is 2.74. The molecule has 2 aromatic carbocycles. The number of rotatable bonds is 4. The summed E-state index contributed by atoms with van der Waals surface area (Å²) in [4.78, 5) is 13.1. The monoisotopic (exact) mass is 401 g/mol. The molecule has 0 saturated carbocycles. The van der Waals surface area contributed by atoms with Gasteiger partial charge in [-0.25, -0.2) is 13.8 Å². The van der Waals surface area contributed by atoms with Crippen LogP contribution in [0.1, 0.15) is 0 Å². The lowest BCUT2D eigenvalue weighted by atomic mass is 10.2. The molecule has 9 heteroatoms. The molecule has 0 unspecified atom stereocenters. The van der Waals surface area contributed by atoms with Gasteiger partial charge < -0.3 is 25.0 Å². The minimum Gasteiger partial charge on any atom is -0.493 e. The number of halogens is 2. The first-order valence-corrected chi connectivity index (χ1v) is 9.14. The largest absolute Gasteiger partial charge is 0.493 e. The number of aromatic nitrogens is 2. The minimum atomic E-state index is -0.848. The van der Waals surface area contributed by atoms with Gasteiger partial charge in [0.05, 0.1) is 19.7 Å². The van der Waals surface area contributed by atoms with E-state index in [0.29, 0.717) is 66.0 Å². The molecule has 0 atom stereocenters. The summed E-state index contributed by atoms with van der Waals surface area (Å²) in [6.07, 6.45) is 0. The molecule has 0 bridgehead atoms. The number of nitrogens with zero attached hydrogens (tertiary/aromatic N) is 4. The van der Waals surface area contributed by atoms with Gasteiger partial charge in [-0.2, -0.15) is 4.98 Å². The lowest BCUT2D eigenvalue weighted by Gasteiger charge is -2.36. The first-order valence-electron chi connectivity index (χ1n) is 9.14. The van der Waals surface area contributed by atoms with Gasteiger partial charge in [0.15, 0.2) is 23.1 Å². The SMILES string of the molecule is COc1cc2nc(N3CCN(c4ccc(F)c(F)c4)CC3)nc(N)c2cc1OC. The van der Waals surface area contributed by atoms with Crippen molar-refractivity contribution in [3.8, 4) is 11.5 Å². The second-order valence-electron chi connectivity index (χ2n) is 6.71. The number of ether oxygens (including phenoxy) is 2. The van der Waals surface area contributed by atoms with Crippen LogP contribution in [0, 0.1) is 11.6 Å². The summed E-state index contributed by atoms with van der Waals surface area (Å²) in [7, 11) is 3.12. The van der Waals surface area contributed by atoms with Gasteiger partial charge in [0, 0.05) is 49.4 Å². The summed E-state index contributed by atoms with van der Waals surface area (Å²) >= 11 is 0. The first kappa shape index (κ1) is 19.0. The van der Waals surface area contributed by atoms with Gasteiger partial charge in [0.2, 0.25) is 5.95 Å². The van der Waals surface area contributed by atoms with Crippen molar-refractivity contribution in [2.75, 3.05) is 55.9 Å². The van der Waals surface area contributed by atoms with Crippen molar-refractivity contribution in [3.05, 3.63) is 42.0 Å². The number of fused-ring (bicyclic) bond motifs is 1. The third-order valence-corrected chi connectivity index (χ3v) is 5.05. The number of methoxy groups -OCH3 is 2. The van der Waals surface area contributed by atoms with Crippen molar-refractivity contribution in [1.82, 2.24) is 9.97 Å². The molecule has 2 heterocycles. The molecular weight excluding hydrogens is 380 g/mol. The van der Waals surface area contributed by atoms with Gasteiger partial charge in [-0.15, -0.1) is 0 Å². The maximum Gasteiger partial charge on any atom is 0.228 e. The zero-order valence-corrected chi connectivity index (χ0v) is 16.2. The Morgan fingerprint density at radius 2 is 1.52 bits per heavy atom. The molecule has 0 radical (unpaired) electrons. The van der Waals surface area contributed by atoms with Crippen LogP contribution >= 0.6 is 0 Å². The average molecular weight is 401 g/mol. The second kappa shape index (κ2) is 7.57. The van der Waals surface area contributed by atoms with Crippen LogP contribution in [0.4, 0.5) is 26.2 Å². The van der Waals surface area contributed by atoms with E-state index in [1.54, 1.807) is 32.4 Å². The zero-order chi connectivity index (χ0) is 20.5. The molecule has 1 aliphatic rings. The topological polar surface area (TPSA) is 76.7 Å². The predicted molar refractivity (Wildman–Crippen MR) is 108 cm³/mol. The highest BCUT2D eigenvalue weighted by atomic mass is 19.2. The number of anilines is 3. The van der Waals surface area contributed by atoms with Crippen LogP contribution < -0.4 is 25.0 Å². The van der Waals surface area contributed by atoms with Gasteiger partial charge in [-0.05, 0) is 18.2 Å². The number of benzene rings is 2. The standard InChI is InChI=1S/C20H21F2N5O2/c1-28-17-10-13-16(11-18(17)29-2)24-20(25-19(13)23)27-7-5-26(6-8-27)12-3-4-14(21)15(22)9-12/h3-4,9-11H,5-8H2,1-2H3,(H2,23,24,25). The van der Waals surface area contributed by atoms with Gasteiger partial charge in [0.25, 0.3) is 0 Å². The normalized spacial score (nSPS) is 14.3. The van der Waals surface area contributed by atoms with Crippen LogP contribution in [0.5, 0.6) is 11.5 Å². The summed E-state index contributed by atoms with van der Waals surface area (Å²) < 4.78 is 37.3. The fourth-order valence-corrected chi connectivity index (χ4v) is 3.45. The molecule has 1 fully saturated rings. The molecule has 7 nitrogen and oxygen atoms in total. The van der Waals surface area contributed by atoms with Crippen LogP contribution in [0.25, 0.3) is 10.9 Å². The quantitative estimate of drug-likeness (QED) is 0.720. The Bertz CT molecular complexity index is 1050. The summed E-state index contributed by atoms with van der Waals surface area (Å²) in [5.41, 5.74) is 7.48. The molecule has 3 aromatic rings. The van der Waals surface area contributed by atoms with Crippen molar-refractivity contribution in [2.45, 2.75) is 0 Å². The van der Waals surface area contributed by atoms with Gasteiger partial charge >= 0.3 is 0 Å². The molecule has 0 spiro atoms. The minimum absolute atomic E-state index is 0.356. The van der Waals surface area contributed by atoms with Crippen molar-refractivity contribution < 1.29 is 18.3 Å². The Kier molecular flexibility index (Phi) is 4.96. The Morgan fingerprint density at radius 3 is 2.17 bits per heavy atom. The fraction of sp³-hybridized carbons (Fsp3) is 0.300. The highest BCUT2D eigenvalue weighted by molar-refractivity contribution is 5.91. The number of hydrogen-bond acceptors (Lipinski definition) is 7. The fourth-order valence-electron chi connectivity index (χ4n) is 3.45. The van der Waals surface area contributed by atoms with E-state index in [9.17, 15) is 8.78 Å². The Morgan fingerprint density at radius 1 is 0.862 bits per heavy atom. The van der Waals surface area contributed by atoms with E-state index >= 15 is 0 Å². The molecular formula is C20H21F2N5O2. The van der Waals surface area contributed by atoms with Crippen molar-refractivity contribution in [1.29, 1.82) is 0 Å². The summed E-state index contributed by atoms with van der Waals surface area (Å²) in [5, 5.41) is 0.687. The van der Waals surface area contributed by atoms with Crippen molar-refractivity contribution in [3.63, 3.8) is 0 Å². The van der Waals surface area contributed by atoms with E-state index < -0.39 is 11.6 Å². The zero-order valence-electron chi connectivity index (χ0n) is 16.2. The third-order valence-electron chi connectivity index (χ3n) is 5.05. The lowest BCUT2D eigenvalue weighted by molar-refractivity contribution is 0.356. The van der Waals surface area contributed by atoms with E-state index in [-0.39, 0.29) is 0 Å². The first-order chi connectivity index (χ1) is 14.0. The van der Waals surface area contributed by atoms with E-state index in [1.807, 2.05) is 9.80 Å². The second-order valence-corrected chi connectivity index (χ2v) is 6.71. The van der Waals surface area contributed by atoms with Crippen LogP contribution in [0.3, 0.4) is 0 Å². The maximum absolute atomic E-state index is 13.5. The number of nitrogen functional groups attached to an aromatic ring is 1. The highest BCUT2D eigenvalue weighted by Crippen LogP contribution is 2.34. The molecule has 1 aromatic heterocycles. The van der Waals surface area contributed by atoms with E-state index in [4.69, 9.17) is 15.2 Å². The molecule has 1 saturated heterocycles. The summed E-state index contributed by atoms with van der Waals surface area (Å²) in [6.45, 7) is 2.49. The van der Waals surface area contributed by atoms with E-state index in [0.717, 1.165) is 6.07 Å². The number of nitrogens with two attached hydrogens (primary N) is 1. The van der Waals surface area contributed by atoms with Gasteiger partial charge in [0.1, 0.15) is 5.82 Å². The molecule has 29 heavy (non-hydrogen) atoms. The maximum atomic E-state index is 13.5. The third kappa shape index (κ3) is 3.55. The molecule has 2 N–H and O–H groups in total.